The maximum absolute atomic E-state index is 6.51. The maximum atomic E-state index is 6.51. The van der Waals surface area contributed by atoms with E-state index < -0.39 is 8.32 Å². The average Bonchev–Trinajstić information content (AvgIpc) is 2.18. The van der Waals surface area contributed by atoms with Crippen molar-refractivity contribution in [1.82, 2.24) is 0 Å². The van der Waals surface area contributed by atoms with Gasteiger partial charge in [0.05, 0.1) is 5.60 Å². The normalized spacial score (nSPS) is 28.5. The molecular formula is C13H22OSi. The second-order valence-corrected chi connectivity index (χ2v) is 9.62. The van der Waals surface area contributed by atoms with Gasteiger partial charge in [0.2, 0.25) is 0 Å². The second kappa shape index (κ2) is 3.91. The van der Waals surface area contributed by atoms with E-state index in [-0.39, 0.29) is 5.60 Å². The molecule has 2 rings (SSSR count). The molecule has 1 fully saturated rings. The summed E-state index contributed by atoms with van der Waals surface area (Å²) in [6.45, 7) is 8.61. The zero-order valence-corrected chi connectivity index (χ0v) is 11.0. The topological polar surface area (TPSA) is 9.23 Å². The lowest BCUT2D eigenvalue weighted by molar-refractivity contribution is 0.0561. The van der Waals surface area contributed by atoms with Crippen LogP contribution in [-0.2, 0) is 4.43 Å². The van der Waals surface area contributed by atoms with Crippen molar-refractivity contribution in [2.24, 2.45) is 0 Å². The maximum Gasteiger partial charge on any atom is 0.191 e. The molecule has 0 bridgehead atoms. The first-order chi connectivity index (χ1) is 7.08. The molecule has 1 nitrogen and oxygen atoms in total. The molecule has 0 radical (unpaired) electrons. The van der Waals surface area contributed by atoms with E-state index in [9.17, 15) is 0 Å². The molecule has 0 amide bonds. The third-order valence-corrected chi connectivity index (χ3v) is 5.82. The van der Waals surface area contributed by atoms with Crippen LogP contribution in [-0.4, -0.2) is 13.9 Å². The Morgan fingerprint density at radius 3 is 2.60 bits per heavy atom. The third kappa shape index (κ3) is 2.11. The lowest BCUT2D eigenvalue weighted by Crippen LogP contribution is -2.49. The van der Waals surface area contributed by atoms with Gasteiger partial charge in [-0.25, -0.2) is 0 Å². The van der Waals surface area contributed by atoms with Crippen molar-refractivity contribution >= 4 is 8.32 Å². The van der Waals surface area contributed by atoms with E-state index in [1.54, 1.807) is 0 Å². The lowest BCUT2D eigenvalue weighted by Gasteiger charge is -2.47. The summed E-state index contributed by atoms with van der Waals surface area (Å²) in [5, 5.41) is 0. The van der Waals surface area contributed by atoms with Gasteiger partial charge in [0, 0.05) is 0 Å². The Kier molecular flexibility index (Phi) is 2.91. The first kappa shape index (κ1) is 11.2. The summed E-state index contributed by atoms with van der Waals surface area (Å²) in [6.07, 6.45) is 10.8. The molecule has 0 aromatic carbocycles. The molecule has 1 heterocycles. The molecule has 0 aromatic heterocycles. The van der Waals surface area contributed by atoms with Crippen molar-refractivity contribution in [3.05, 3.63) is 24.3 Å². The zero-order valence-electron chi connectivity index (χ0n) is 10.0. The van der Waals surface area contributed by atoms with Gasteiger partial charge in [-0.3, -0.25) is 0 Å². The fourth-order valence-corrected chi connectivity index (χ4v) is 5.13. The SMILES string of the molecule is C=CC1=CC[Si](C)(C)OC12CCCCC2. The third-order valence-electron chi connectivity index (χ3n) is 3.69. The minimum absolute atomic E-state index is 0.0635. The highest BCUT2D eigenvalue weighted by Crippen LogP contribution is 2.43. The first-order valence-corrected chi connectivity index (χ1v) is 9.23. The van der Waals surface area contributed by atoms with E-state index in [4.69, 9.17) is 4.43 Å². The second-order valence-electron chi connectivity index (χ2n) is 5.48. The summed E-state index contributed by atoms with van der Waals surface area (Å²) in [6, 6.07) is 1.15. The van der Waals surface area contributed by atoms with Crippen molar-refractivity contribution in [2.45, 2.75) is 56.8 Å². The molecule has 2 heteroatoms. The summed E-state index contributed by atoms with van der Waals surface area (Å²) in [5.74, 6) is 0. The Hall–Kier alpha value is -0.343. The highest BCUT2D eigenvalue weighted by atomic mass is 28.4. The van der Waals surface area contributed by atoms with Gasteiger partial charge in [0.1, 0.15) is 0 Å². The summed E-state index contributed by atoms with van der Waals surface area (Å²) in [7, 11) is -1.43. The predicted molar refractivity (Wildman–Crippen MR) is 67.5 cm³/mol. The van der Waals surface area contributed by atoms with E-state index in [2.05, 4.69) is 25.7 Å². The number of hydrogen-bond donors (Lipinski definition) is 0. The van der Waals surface area contributed by atoms with Crippen LogP contribution < -0.4 is 0 Å². The number of allylic oxidation sites excluding steroid dienone is 1. The summed E-state index contributed by atoms with van der Waals surface area (Å²) < 4.78 is 6.51. The fraction of sp³-hybridized carbons (Fsp3) is 0.692. The van der Waals surface area contributed by atoms with Crippen molar-refractivity contribution in [1.29, 1.82) is 0 Å². The zero-order chi connectivity index (χ0) is 10.9. The van der Waals surface area contributed by atoms with Crippen LogP contribution in [0.15, 0.2) is 24.3 Å². The van der Waals surface area contributed by atoms with Crippen LogP contribution in [0.5, 0.6) is 0 Å². The molecule has 1 saturated carbocycles. The minimum Gasteiger partial charge on any atom is -0.408 e. The lowest BCUT2D eigenvalue weighted by atomic mass is 9.79. The van der Waals surface area contributed by atoms with Crippen molar-refractivity contribution in [2.75, 3.05) is 0 Å². The van der Waals surface area contributed by atoms with Gasteiger partial charge in [-0.15, -0.1) is 0 Å². The molecule has 0 aromatic rings. The molecule has 2 aliphatic rings. The largest absolute Gasteiger partial charge is 0.408 e. The average molecular weight is 222 g/mol. The van der Waals surface area contributed by atoms with Crippen LogP contribution in [0.1, 0.15) is 32.1 Å². The number of hydrogen-bond acceptors (Lipinski definition) is 1. The van der Waals surface area contributed by atoms with Crippen LogP contribution in [0.4, 0.5) is 0 Å². The Morgan fingerprint density at radius 2 is 2.00 bits per heavy atom. The summed E-state index contributed by atoms with van der Waals surface area (Å²) >= 11 is 0. The molecular weight excluding hydrogens is 200 g/mol. The van der Waals surface area contributed by atoms with Crippen LogP contribution >= 0.6 is 0 Å². The predicted octanol–water partition coefficient (Wildman–Crippen LogP) is 4.04. The smallest absolute Gasteiger partial charge is 0.191 e. The minimum atomic E-state index is -1.43. The van der Waals surface area contributed by atoms with Gasteiger partial charge in [0.15, 0.2) is 8.32 Å². The molecule has 1 aliphatic heterocycles. The van der Waals surface area contributed by atoms with Gasteiger partial charge in [-0.2, -0.15) is 0 Å². The van der Waals surface area contributed by atoms with Crippen LogP contribution in [0.2, 0.25) is 19.1 Å². The Bertz CT molecular complexity index is 285. The summed E-state index contributed by atoms with van der Waals surface area (Å²) in [5.41, 5.74) is 1.43. The fourth-order valence-electron chi connectivity index (χ4n) is 2.95. The molecule has 1 aliphatic carbocycles. The molecule has 0 saturated heterocycles. The van der Waals surface area contributed by atoms with Crippen molar-refractivity contribution in [3.63, 3.8) is 0 Å². The quantitative estimate of drug-likeness (QED) is 0.608. The van der Waals surface area contributed by atoms with Gasteiger partial charge in [-0.05, 0) is 37.6 Å². The van der Waals surface area contributed by atoms with Gasteiger partial charge >= 0.3 is 0 Å². The highest BCUT2D eigenvalue weighted by Gasteiger charge is 2.43. The Balaban J connectivity index is 2.29. The van der Waals surface area contributed by atoms with Gasteiger partial charge in [0.25, 0.3) is 0 Å². The van der Waals surface area contributed by atoms with Crippen LogP contribution in [0.3, 0.4) is 0 Å². The molecule has 15 heavy (non-hydrogen) atoms. The number of rotatable bonds is 1. The molecule has 0 unspecified atom stereocenters. The van der Waals surface area contributed by atoms with E-state index in [1.165, 1.54) is 37.7 Å². The van der Waals surface area contributed by atoms with E-state index in [0.717, 1.165) is 6.04 Å². The Morgan fingerprint density at radius 1 is 1.33 bits per heavy atom. The monoisotopic (exact) mass is 222 g/mol. The van der Waals surface area contributed by atoms with E-state index >= 15 is 0 Å². The molecule has 0 atom stereocenters. The summed E-state index contributed by atoms with van der Waals surface area (Å²) in [4.78, 5) is 0. The van der Waals surface area contributed by atoms with Gasteiger partial charge < -0.3 is 4.43 Å². The van der Waals surface area contributed by atoms with Gasteiger partial charge in [-0.1, -0.05) is 38.0 Å². The molecule has 1 spiro atoms. The highest BCUT2D eigenvalue weighted by molar-refractivity contribution is 6.72. The van der Waals surface area contributed by atoms with Crippen LogP contribution in [0.25, 0.3) is 0 Å². The van der Waals surface area contributed by atoms with E-state index in [0.29, 0.717) is 0 Å². The van der Waals surface area contributed by atoms with E-state index in [1.807, 2.05) is 6.08 Å². The van der Waals surface area contributed by atoms with Crippen molar-refractivity contribution in [3.8, 4) is 0 Å². The van der Waals surface area contributed by atoms with Crippen molar-refractivity contribution < 1.29 is 4.43 Å². The Labute approximate surface area is 94.3 Å². The first-order valence-electron chi connectivity index (χ1n) is 6.11. The molecule has 84 valence electrons. The van der Waals surface area contributed by atoms with Crippen LogP contribution in [0, 0.1) is 0 Å². The standard InChI is InChI=1S/C13H22OSi/c1-4-12-8-11-15(2,3)14-13(12)9-6-5-7-10-13/h4,8H,1,5-7,9-11H2,2-3H3. The molecule has 0 N–H and O–H groups in total.